The maximum absolute atomic E-state index is 10.7. The van der Waals surface area contributed by atoms with E-state index in [0.29, 0.717) is 23.0 Å². The van der Waals surface area contributed by atoms with E-state index in [1.54, 1.807) is 13.8 Å². The Morgan fingerprint density at radius 1 is 0.833 bits per heavy atom. The molecule has 0 bridgehead atoms. The van der Waals surface area contributed by atoms with Crippen LogP contribution in [0.1, 0.15) is 39.5 Å². The summed E-state index contributed by atoms with van der Waals surface area (Å²) in [6, 6.07) is 0. The second kappa shape index (κ2) is 6.38. The van der Waals surface area contributed by atoms with E-state index < -0.39 is 11.9 Å². The molecule has 0 unspecified atom stereocenters. The quantitative estimate of drug-likeness (QED) is 0.754. The third kappa shape index (κ3) is 4.35. The van der Waals surface area contributed by atoms with Crippen molar-refractivity contribution in [3.05, 3.63) is 23.3 Å². The van der Waals surface area contributed by atoms with Gasteiger partial charge < -0.3 is 10.2 Å². The van der Waals surface area contributed by atoms with Crippen molar-refractivity contribution in [3.8, 4) is 0 Å². The Bertz CT molecular complexity index is 347. The van der Waals surface area contributed by atoms with E-state index in [4.69, 9.17) is 10.2 Å². The maximum atomic E-state index is 10.7. The lowest BCUT2D eigenvalue weighted by Gasteiger charge is -2.25. The van der Waals surface area contributed by atoms with Crippen LogP contribution in [-0.2, 0) is 9.59 Å². The molecule has 0 atom stereocenters. The van der Waals surface area contributed by atoms with Gasteiger partial charge in [-0.3, -0.25) is 0 Å². The molecule has 18 heavy (non-hydrogen) atoms. The van der Waals surface area contributed by atoms with Crippen molar-refractivity contribution in [2.24, 2.45) is 11.8 Å². The van der Waals surface area contributed by atoms with Gasteiger partial charge in [-0.15, -0.1) is 0 Å². The van der Waals surface area contributed by atoms with Gasteiger partial charge in [-0.25, -0.2) is 9.59 Å². The number of aliphatic carboxylic acids is 2. The highest BCUT2D eigenvalue weighted by Gasteiger charge is 2.20. The first-order chi connectivity index (χ1) is 8.40. The van der Waals surface area contributed by atoms with Crippen LogP contribution in [0.4, 0.5) is 0 Å². The highest BCUT2D eigenvalue weighted by molar-refractivity contribution is 5.86. The average Bonchev–Trinajstić information content (AvgIpc) is 2.31. The van der Waals surface area contributed by atoms with E-state index in [1.165, 1.54) is 0 Å². The zero-order valence-corrected chi connectivity index (χ0v) is 10.8. The number of allylic oxidation sites excluding steroid dienone is 2. The van der Waals surface area contributed by atoms with Crippen molar-refractivity contribution in [3.63, 3.8) is 0 Å². The molecule has 4 nitrogen and oxygen atoms in total. The predicted molar refractivity (Wildman–Crippen MR) is 68.2 cm³/mol. The summed E-state index contributed by atoms with van der Waals surface area (Å²) < 4.78 is 0. The van der Waals surface area contributed by atoms with Crippen molar-refractivity contribution in [2.75, 3.05) is 0 Å². The highest BCUT2D eigenvalue weighted by Crippen LogP contribution is 2.31. The molecule has 1 fully saturated rings. The second-order valence-corrected chi connectivity index (χ2v) is 4.98. The second-order valence-electron chi connectivity index (χ2n) is 4.98. The van der Waals surface area contributed by atoms with Crippen LogP contribution in [0.5, 0.6) is 0 Å². The van der Waals surface area contributed by atoms with Crippen LogP contribution in [0.15, 0.2) is 23.3 Å². The van der Waals surface area contributed by atoms with Crippen molar-refractivity contribution in [2.45, 2.75) is 39.5 Å². The van der Waals surface area contributed by atoms with Gasteiger partial charge in [0, 0.05) is 11.1 Å². The minimum atomic E-state index is -0.862. The zero-order chi connectivity index (χ0) is 13.7. The van der Waals surface area contributed by atoms with Crippen LogP contribution >= 0.6 is 0 Å². The Balaban J connectivity index is 2.52. The Morgan fingerprint density at radius 3 is 1.33 bits per heavy atom. The van der Waals surface area contributed by atoms with Gasteiger partial charge >= 0.3 is 11.9 Å². The summed E-state index contributed by atoms with van der Waals surface area (Å²) in [6.07, 6.45) is 7.37. The first kappa shape index (κ1) is 14.5. The van der Waals surface area contributed by atoms with Crippen LogP contribution in [-0.4, -0.2) is 22.2 Å². The molecule has 0 aromatic carbocycles. The van der Waals surface area contributed by atoms with Gasteiger partial charge in [0.05, 0.1) is 0 Å². The molecule has 0 heterocycles. The molecule has 1 saturated carbocycles. The van der Waals surface area contributed by atoms with E-state index in [0.717, 1.165) is 25.7 Å². The topological polar surface area (TPSA) is 74.6 Å². The molecule has 4 heteroatoms. The highest BCUT2D eigenvalue weighted by atomic mass is 16.4. The normalized spacial score (nSPS) is 25.9. The minimum Gasteiger partial charge on any atom is -0.478 e. The molecule has 1 rings (SSSR count). The van der Waals surface area contributed by atoms with Crippen molar-refractivity contribution in [1.82, 2.24) is 0 Å². The summed E-state index contributed by atoms with van der Waals surface area (Å²) in [5.41, 5.74) is 0.798. The van der Waals surface area contributed by atoms with E-state index in [9.17, 15) is 9.59 Å². The Kier molecular flexibility index (Phi) is 5.13. The molecule has 0 radical (unpaired) electrons. The number of hydrogen-bond donors (Lipinski definition) is 2. The third-order valence-electron chi connectivity index (χ3n) is 3.46. The largest absolute Gasteiger partial charge is 0.478 e. The van der Waals surface area contributed by atoms with E-state index in [-0.39, 0.29) is 0 Å². The fourth-order valence-electron chi connectivity index (χ4n) is 2.33. The van der Waals surface area contributed by atoms with Crippen molar-refractivity contribution < 1.29 is 19.8 Å². The smallest absolute Gasteiger partial charge is 0.330 e. The number of carboxylic acid groups (broad SMARTS) is 2. The summed E-state index contributed by atoms with van der Waals surface area (Å²) in [5, 5.41) is 17.6. The molecule has 100 valence electrons. The summed E-state index contributed by atoms with van der Waals surface area (Å²) in [4.78, 5) is 21.4. The fourth-order valence-corrected chi connectivity index (χ4v) is 2.33. The van der Waals surface area contributed by atoms with Gasteiger partial charge in [-0.1, -0.05) is 12.2 Å². The lowest BCUT2D eigenvalue weighted by Crippen LogP contribution is -2.13. The molecule has 0 aliphatic heterocycles. The fraction of sp³-hybridized carbons (Fsp3) is 0.571. The Hall–Kier alpha value is -1.58. The molecule has 0 aromatic heterocycles. The maximum Gasteiger partial charge on any atom is 0.330 e. The van der Waals surface area contributed by atoms with Crippen LogP contribution in [0.3, 0.4) is 0 Å². The lowest BCUT2D eigenvalue weighted by molar-refractivity contribution is -0.133. The number of rotatable bonds is 4. The number of carboxylic acids is 2. The van der Waals surface area contributed by atoms with Gasteiger partial charge in [0.25, 0.3) is 0 Å². The number of carbonyl (C=O) groups is 2. The Labute approximate surface area is 107 Å². The van der Waals surface area contributed by atoms with Gasteiger partial charge in [0.2, 0.25) is 0 Å². The summed E-state index contributed by atoms with van der Waals surface area (Å²) >= 11 is 0. The molecule has 0 amide bonds. The Morgan fingerprint density at radius 2 is 1.11 bits per heavy atom. The molecule has 1 aliphatic rings. The molecular formula is C14H20O4. The molecule has 0 aromatic rings. The molecular weight excluding hydrogens is 232 g/mol. The van der Waals surface area contributed by atoms with Crippen LogP contribution in [0.2, 0.25) is 0 Å². The van der Waals surface area contributed by atoms with Crippen LogP contribution < -0.4 is 0 Å². The first-order valence-electron chi connectivity index (χ1n) is 6.23. The van der Waals surface area contributed by atoms with E-state index in [2.05, 4.69) is 0 Å². The minimum absolute atomic E-state index is 0.316. The van der Waals surface area contributed by atoms with Gasteiger partial charge in [0.15, 0.2) is 0 Å². The molecule has 0 spiro atoms. The zero-order valence-electron chi connectivity index (χ0n) is 10.8. The van der Waals surface area contributed by atoms with Crippen LogP contribution in [0, 0.1) is 11.8 Å². The summed E-state index contributed by atoms with van der Waals surface area (Å²) in [5.74, 6) is -1.09. The van der Waals surface area contributed by atoms with Crippen molar-refractivity contribution >= 4 is 11.9 Å². The van der Waals surface area contributed by atoms with E-state index >= 15 is 0 Å². The molecule has 2 N–H and O–H groups in total. The lowest BCUT2D eigenvalue weighted by atomic mass is 9.80. The van der Waals surface area contributed by atoms with Crippen LogP contribution in [0.25, 0.3) is 0 Å². The molecule has 1 aliphatic carbocycles. The van der Waals surface area contributed by atoms with E-state index in [1.807, 2.05) is 12.2 Å². The van der Waals surface area contributed by atoms with Gasteiger partial charge in [-0.05, 0) is 51.4 Å². The van der Waals surface area contributed by atoms with Gasteiger partial charge in [0.1, 0.15) is 0 Å². The summed E-state index contributed by atoms with van der Waals surface area (Å²) in [7, 11) is 0. The summed E-state index contributed by atoms with van der Waals surface area (Å²) in [6.45, 7) is 3.23. The number of hydrogen-bond acceptors (Lipinski definition) is 2. The monoisotopic (exact) mass is 252 g/mol. The first-order valence-corrected chi connectivity index (χ1v) is 6.23. The van der Waals surface area contributed by atoms with Crippen molar-refractivity contribution in [1.29, 1.82) is 0 Å². The molecule has 0 saturated heterocycles. The average molecular weight is 252 g/mol. The standard InChI is InChI=1S/C14H20O4/c1-9(13(15)16)7-11-3-5-12(6-4-11)8-10(2)14(17)18/h7-8,11-12H,3-6H2,1-2H3,(H,15,16)(H,17,18). The SMILES string of the molecule is CC(=CC1CCC(C=C(C)C(=O)O)CC1)C(=O)O. The van der Waals surface area contributed by atoms with Gasteiger partial charge in [-0.2, -0.15) is 0 Å². The third-order valence-corrected chi connectivity index (χ3v) is 3.46. The predicted octanol–water partition coefficient (Wildman–Crippen LogP) is 2.85.